The highest BCUT2D eigenvalue weighted by Gasteiger charge is 2.38. The van der Waals surface area contributed by atoms with E-state index in [0.717, 1.165) is 13.1 Å². The van der Waals surface area contributed by atoms with E-state index in [-0.39, 0.29) is 6.04 Å². The summed E-state index contributed by atoms with van der Waals surface area (Å²) >= 11 is 0. The summed E-state index contributed by atoms with van der Waals surface area (Å²) in [6.07, 6.45) is 1.65. The van der Waals surface area contributed by atoms with Crippen LogP contribution in [0.2, 0.25) is 0 Å². The lowest BCUT2D eigenvalue weighted by atomic mass is 10.1. The van der Waals surface area contributed by atoms with Gasteiger partial charge in [-0.3, -0.25) is 0 Å². The molecule has 4 heteroatoms. The molecule has 2 rings (SSSR count). The van der Waals surface area contributed by atoms with Crippen LogP contribution in [0.15, 0.2) is 0 Å². The lowest BCUT2D eigenvalue weighted by molar-refractivity contribution is 0.105. The molecule has 1 heterocycles. The van der Waals surface area contributed by atoms with Crippen molar-refractivity contribution in [3.8, 4) is 0 Å². The van der Waals surface area contributed by atoms with Gasteiger partial charge in [0.2, 0.25) is 0 Å². The van der Waals surface area contributed by atoms with E-state index in [0.29, 0.717) is 12.5 Å². The molecule has 2 aliphatic rings. The van der Waals surface area contributed by atoms with Gasteiger partial charge < -0.3 is 15.3 Å². The van der Waals surface area contributed by atoms with Gasteiger partial charge >= 0.3 is 6.09 Å². The molecular formula is C8H14N2O2. The van der Waals surface area contributed by atoms with Crippen molar-refractivity contribution in [2.45, 2.75) is 18.9 Å². The van der Waals surface area contributed by atoms with Crippen LogP contribution in [-0.2, 0) is 0 Å². The minimum atomic E-state index is -0.756. The molecule has 12 heavy (non-hydrogen) atoms. The number of hydrogen-bond donors (Lipinski definition) is 2. The van der Waals surface area contributed by atoms with Crippen molar-refractivity contribution in [3.05, 3.63) is 0 Å². The second-order valence-corrected chi connectivity index (χ2v) is 3.58. The lowest BCUT2D eigenvalue weighted by Crippen LogP contribution is -2.54. The minimum absolute atomic E-state index is 0.247. The van der Waals surface area contributed by atoms with Crippen molar-refractivity contribution in [1.29, 1.82) is 0 Å². The molecule has 0 aromatic carbocycles. The first kappa shape index (κ1) is 7.86. The van der Waals surface area contributed by atoms with Crippen LogP contribution in [0.5, 0.6) is 0 Å². The molecule has 2 fully saturated rings. The van der Waals surface area contributed by atoms with Crippen LogP contribution in [0.25, 0.3) is 0 Å². The van der Waals surface area contributed by atoms with Gasteiger partial charge in [0.1, 0.15) is 0 Å². The maximum atomic E-state index is 10.8. The van der Waals surface area contributed by atoms with E-state index in [4.69, 9.17) is 5.11 Å². The third-order valence-electron chi connectivity index (χ3n) is 2.70. The first-order valence-corrected chi connectivity index (χ1v) is 4.49. The quantitative estimate of drug-likeness (QED) is 0.597. The lowest BCUT2D eigenvalue weighted by Gasteiger charge is -2.34. The monoisotopic (exact) mass is 170 g/mol. The first-order chi connectivity index (χ1) is 5.79. The molecule has 1 aliphatic carbocycles. The number of amides is 1. The van der Waals surface area contributed by atoms with Crippen LogP contribution in [0.1, 0.15) is 12.8 Å². The Hall–Kier alpha value is -0.770. The van der Waals surface area contributed by atoms with Crippen LogP contribution >= 0.6 is 0 Å². The number of nitrogens with zero attached hydrogens (tertiary/aromatic N) is 1. The second kappa shape index (κ2) is 2.94. The third-order valence-corrected chi connectivity index (χ3v) is 2.70. The van der Waals surface area contributed by atoms with Gasteiger partial charge in [-0.15, -0.1) is 0 Å². The van der Waals surface area contributed by atoms with Crippen LogP contribution in [0, 0.1) is 5.92 Å². The van der Waals surface area contributed by atoms with E-state index in [2.05, 4.69) is 5.32 Å². The maximum Gasteiger partial charge on any atom is 0.407 e. The van der Waals surface area contributed by atoms with Gasteiger partial charge in [0.05, 0.1) is 6.04 Å². The van der Waals surface area contributed by atoms with Gasteiger partial charge in [-0.2, -0.15) is 0 Å². The van der Waals surface area contributed by atoms with Crippen molar-refractivity contribution in [3.63, 3.8) is 0 Å². The molecule has 0 bridgehead atoms. The highest BCUT2D eigenvalue weighted by molar-refractivity contribution is 5.65. The summed E-state index contributed by atoms with van der Waals surface area (Å²) in [6, 6.07) is 0.247. The van der Waals surface area contributed by atoms with Crippen LogP contribution < -0.4 is 5.32 Å². The zero-order chi connectivity index (χ0) is 8.55. The van der Waals surface area contributed by atoms with Gasteiger partial charge in [0.25, 0.3) is 0 Å². The summed E-state index contributed by atoms with van der Waals surface area (Å²) in [6.45, 7) is 2.29. The molecule has 68 valence electrons. The fourth-order valence-electron chi connectivity index (χ4n) is 1.87. The summed E-state index contributed by atoms with van der Waals surface area (Å²) in [4.78, 5) is 12.4. The second-order valence-electron chi connectivity index (χ2n) is 3.58. The maximum absolute atomic E-state index is 10.8. The standard InChI is InChI=1S/C8H14N2O2/c11-8(12)10-4-3-9-5-7(10)6-1-2-6/h6-7,9H,1-5H2,(H,11,12). The Bertz CT molecular complexity index is 191. The van der Waals surface area contributed by atoms with Gasteiger partial charge in [0, 0.05) is 19.6 Å². The van der Waals surface area contributed by atoms with Crippen LogP contribution in [-0.4, -0.2) is 41.8 Å². The number of carboxylic acid groups (broad SMARTS) is 1. The molecule has 1 saturated carbocycles. The molecule has 1 aliphatic heterocycles. The Morgan fingerprint density at radius 3 is 2.83 bits per heavy atom. The summed E-state index contributed by atoms with van der Waals surface area (Å²) in [5, 5.41) is 12.1. The normalized spacial score (nSPS) is 30.3. The Morgan fingerprint density at radius 2 is 2.25 bits per heavy atom. The Balaban J connectivity index is 2.00. The summed E-state index contributed by atoms with van der Waals surface area (Å²) in [5.74, 6) is 0.633. The van der Waals surface area contributed by atoms with E-state index in [1.54, 1.807) is 4.90 Å². The molecule has 1 amide bonds. The van der Waals surface area contributed by atoms with Gasteiger partial charge in [-0.05, 0) is 18.8 Å². The zero-order valence-electron chi connectivity index (χ0n) is 6.99. The van der Waals surface area contributed by atoms with Crippen molar-refractivity contribution < 1.29 is 9.90 Å². The predicted molar refractivity (Wildman–Crippen MR) is 44.1 cm³/mol. The molecule has 1 unspecified atom stereocenters. The smallest absolute Gasteiger partial charge is 0.407 e. The molecule has 1 atom stereocenters. The number of rotatable bonds is 1. The Kier molecular flexibility index (Phi) is 1.92. The number of piperazine rings is 1. The molecule has 0 spiro atoms. The average Bonchev–Trinajstić information content (AvgIpc) is 2.87. The Labute approximate surface area is 71.5 Å². The fraction of sp³-hybridized carbons (Fsp3) is 0.875. The predicted octanol–water partition coefficient (Wildman–Crippen LogP) is 0.348. The number of carbonyl (C=O) groups is 1. The van der Waals surface area contributed by atoms with E-state index < -0.39 is 6.09 Å². The molecular weight excluding hydrogens is 156 g/mol. The van der Waals surface area contributed by atoms with E-state index in [1.165, 1.54) is 12.8 Å². The minimum Gasteiger partial charge on any atom is -0.465 e. The number of hydrogen-bond acceptors (Lipinski definition) is 2. The molecule has 0 aromatic rings. The molecule has 2 N–H and O–H groups in total. The van der Waals surface area contributed by atoms with Gasteiger partial charge in [-0.25, -0.2) is 4.79 Å². The SMILES string of the molecule is O=C(O)N1CCNCC1C1CC1. The zero-order valence-corrected chi connectivity index (χ0v) is 6.99. The highest BCUT2D eigenvalue weighted by atomic mass is 16.4. The van der Waals surface area contributed by atoms with Gasteiger partial charge in [-0.1, -0.05) is 0 Å². The largest absolute Gasteiger partial charge is 0.465 e. The highest BCUT2D eigenvalue weighted by Crippen LogP contribution is 2.35. The summed E-state index contributed by atoms with van der Waals surface area (Å²) in [5.41, 5.74) is 0. The van der Waals surface area contributed by atoms with E-state index in [1.807, 2.05) is 0 Å². The first-order valence-electron chi connectivity index (χ1n) is 4.49. The summed E-state index contributed by atoms with van der Waals surface area (Å²) < 4.78 is 0. The Morgan fingerprint density at radius 1 is 1.50 bits per heavy atom. The topological polar surface area (TPSA) is 52.6 Å². The fourth-order valence-corrected chi connectivity index (χ4v) is 1.87. The van der Waals surface area contributed by atoms with Gasteiger partial charge in [0.15, 0.2) is 0 Å². The third kappa shape index (κ3) is 1.39. The number of nitrogens with one attached hydrogen (secondary N) is 1. The van der Waals surface area contributed by atoms with E-state index >= 15 is 0 Å². The van der Waals surface area contributed by atoms with Crippen molar-refractivity contribution in [2.24, 2.45) is 5.92 Å². The van der Waals surface area contributed by atoms with Crippen LogP contribution in [0.4, 0.5) is 4.79 Å². The van der Waals surface area contributed by atoms with Crippen molar-refractivity contribution >= 4 is 6.09 Å². The van der Waals surface area contributed by atoms with E-state index in [9.17, 15) is 4.79 Å². The average molecular weight is 170 g/mol. The summed E-state index contributed by atoms with van der Waals surface area (Å²) in [7, 11) is 0. The van der Waals surface area contributed by atoms with Crippen molar-refractivity contribution in [2.75, 3.05) is 19.6 Å². The van der Waals surface area contributed by atoms with Crippen LogP contribution in [0.3, 0.4) is 0 Å². The van der Waals surface area contributed by atoms with Crippen molar-refractivity contribution in [1.82, 2.24) is 10.2 Å². The molecule has 1 saturated heterocycles. The molecule has 0 aromatic heterocycles. The molecule has 4 nitrogen and oxygen atoms in total. The molecule has 0 radical (unpaired) electrons.